The number of ether oxygens (including phenoxy) is 2. The normalized spacial score (nSPS) is 15.3. The monoisotopic (exact) mass is 516 g/mol. The van der Waals surface area contributed by atoms with Crippen LogP contribution in [0, 0.1) is 19.8 Å². The fraction of sp³-hybridized carbons (Fsp3) is 0.333. The molecule has 2 aromatic carbocycles. The Balaban J connectivity index is 1.54. The SMILES string of the molecule is CCOC(=O)c1ccc(N2C[C@@H](C(=O)OCC(=O)Nc3cc(C)c(Br)cc3C)CC2=O)cc1. The van der Waals surface area contributed by atoms with E-state index in [2.05, 4.69) is 21.2 Å². The zero-order valence-corrected chi connectivity index (χ0v) is 20.2. The summed E-state index contributed by atoms with van der Waals surface area (Å²) in [6.07, 6.45) is -0.00883. The minimum absolute atomic E-state index is 0.00883. The van der Waals surface area contributed by atoms with Crippen molar-refractivity contribution in [3.63, 3.8) is 0 Å². The van der Waals surface area contributed by atoms with E-state index in [0.29, 0.717) is 16.9 Å². The van der Waals surface area contributed by atoms with Crippen LogP contribution in [0.25, 0.3) is 0 Å². The molecule has 8 nitrogen and oxygen atoms in total. The fourth-order valence-corrected chi connectivity index (χ4v) is 3.92. The predicted molar refractivity (Wildman–Crippen MR) is 126 cm³/mol. The van der Waals surface area contributed by atoms with Crippen molar-refractivity contribution in [2.45, 2.75) is 27.2 Å². The third-order valence-corrected chi connectivity index (χ3v) is 6.13. The highest BCUT2D eigenvalue weighted by molar-refractivity contribution is 9.10. The van der Waals surface area contributed by atoms with E-state index in [1.165, 1.54) is 4.90 Å². The third-order valence-electron chi connectivity index (χ3n) is 5.27. The number of carbonyl (C=O) groups excluding carboxylic acids is 4. The maximum absolute atomic E-state index is 12.5. The van der Waals surface area contributed by atoms with Gasteiger partial charge in [0.25, 0.3) is 5.91 Å². The second kappa shape index (κ2) is 10.6. The van der Waals surface area contributed by atoms with Crippen molar-refractivity contribution >= 4 is 51.1 Å². The highest BCUT2D eigenvalue weighted by atomic mass is 79.9. The highest BCUT2D eigenvalue weighted by Crippen LogP contribution is 2.27. The van der Waals surface area contributed by atoms with Crippen LogP contribution >= 0.6 is 15.9 Å². The van der Waals surface area contributed by atoms with Gasteiger partial charge in [-0.05, 0) is 68.3 Å². The Morgan fingerprint density at radius 2 is 1.79 bits per heavy atom. The Morgan fingerprint density at radius 1 is 1.09 bits per heavy atom. The predicted octanol–water partition coefficient (Wildman–Crippen LogP) is 3.78. The number of hydrogen-bond donors (Lipinski definition) is 1. The van der Waals surface area contributed by atoms with Gasteiger partial charge in [0.2, 0.25) is 5.91 Å². The molecule has 2 amide bonds. The zero-order valence-electron chi connectivity index (χ0n) is 18.6. The number of rotatable bonds is 7. The average Bonchev–Trinajstić information content (AvgIpc) is 3.17. The van der Waals surface area contributed by atoms with Crippen molar-refractivity contribution in [1.82, 2.24) is 0 Å². The molecule has 0 unspecified atom stereocenters. The van der Waals surface area contributed by atoms with E-state index < -0.39 is 30.4 Å². The first-order chi connectivity index (χ1) is 15.7. The first kappa shape index (κ1) is 24.4. The van der Waals surface area contributed by atoms with Gasteiger partial charge < -0.3 is 19.7 Å². The molecule has 1 atom stereocenters. The molecule has 174 valence electrons. The number of esters is 2. The summed E-state index contributed by atoms with van der Waals surface area (Å²) in [5, 5.41) is 2.74. The summed E-state index contributed by atoms with van der Waals surface area (Å²) in [5.41, 5.74) is 3.43. The number of hydrogen-bond acceptors (Lipinski definition) is 6. The standard InChI is InChI=1S/C24H25BrN2O6/c1-4-32-23(30)16-5-7-18(8-6-16)27-12-17(11-22(27)29)24(31)33-13-21(28)26-20-10-14(2)19(25)9-15(20)3/h5-10,17H,4,11-13H2,1-3H3,(H,26,28)/t17-/m0/s1. The first-order valence-electron chi connectivity index (χ1n) is 10.5. The molecule has 1 saturated heterocycles. The molecule has 0 saturated carbocycles. The van der Waals surface area contributed by atoms with Crippen LogP contribution in [-0.2, 0) is 23.9 Å². The van der Waals surface area contributed by atoms with Gasteiger partial charge >= 0.3 is 11.9 Å². The number of carbonyl (C=O) groups is 4. The largest absolute Gasteiger partial charge is 0.462 e. The number of anilines is 2. The number of halogens is 1. The minimum atomic E-state index is -0.674. The summed E-state index contributed by atoms with van der Waals surface area (Å²) >= 11 is 3.44. The molecule has 0 radical (unpaired) electrons. The van der Waals surface area contributed by atoms with E-state index in [9.17, 15) is 19.2 Å². The first-order valence-corrected chi connectivity index (χ1v) is 11.3. The lowest BCUT2D eigenvalue weighted by Crippen LogP contribution is -2.28. The fourth-order valence-electron chi connectivity index (χ4n) is 3.46. The summed E-state index contributed by atoms with van der Waals surface area (Å²) in [5.74, 6) is -2.40. The van der Waals surface area contributed by atoms with Gasteiger partial charge in [0, 0.05) is 28.8 Å². The van der Waals surface area contributed by atoms with Crippen molar-refractivity contribution in [3.8, 4) is 0 Å². The molecule has 1 heterocycles. The molecular weight excluding hydrogens is 492 g/mol. The zero-order chi connectivity index (χ0) is 24.1. The second-order valence-electron chi connectivity index (χ2n) is 7.74. The average molecular weight is 517 g/mol. The molecule has 9 heteroatoms. The molecular formula is C24H25BrN2O6. The van der Waals surface area contributed by atoms with Crippen LogP contribution in [0.4, 0.5) is 11.4 Å². The summed E-state index contributed by atoms with van der Waals surface area (Å²) in [4.78, 5) is 50.4. The number of nitrogens with one attached hydrogen (secondary N) is 1. The molecule has 0 bridgehead atoms. The Bertz CT molecular complexity index is 1080. The number of aryl methyl sites for hydroxylation is 2. The van der Waals surface area contributed by atoms with E-state index in [-0.39, 0.29) is 25.5 Å². The van der Waals surface area contributed by atoms with Gasteiger partial charge in [-0.15, -0.1) is 0 Å². The molecule has 0 spiro atoms. The maximum Gasteiger partial charge on any atom is 0.338 e. The van der Waals surface area contributed by atoms with Gasteiger partial charge in [0.15, 0.2) is 6.61 Å². The summed E-state index contributed by atoms with van der Waals surface area (Å²) in [6, 6.07) is 10.1. The molecule has 1 aliphatic heterocycles. The number of amides is 2. The lowest BCUT2D eigenvalue weighted by atomic mass is 10.1. The molecule has 0 aromatic heterocycles. The van der Waals surface area contributed by atoms with Crippen molar-refractivity contribution < 1.29 is 28.7 Å². The van der Waals surface area contributed by atoms with Crippen LogP contribution in [0.2, 0.25) is 0 Å². The molecule has 2 aromatic rings. The van der Waals surface area contributed by atoms with Crippen LogP contribution in [0.5, 0.6) is 0 Å². The Labute approximate surface area is 200 Å². The van der Waals surface area contributed by atoms with E-state index in [1.807, 2.05) is 26.0 Å². The minimum Gasteiger partial charge on any atom is -0.462 e. The molecule has 1 N–H and O–H groups in total. The summed E-state index contributed by atoms with van der Waals surface area (Å²) in [6.45, 7) is 5.47. The number of benzene rings is 2. The van der Waals surface area contributed by atoms with Gasteiger partial charge in [-0.3, -0.25) is 14.4 Å². The topological polar surface area (TPSA) is 102 Å². The van der Waals surface area contributed by atoms with Crippen molar-refractivity contribution in [2.24, 2.45) is 5.92 Å². The Kier molecular flexibility index (Phi) is 7.86. The van der Waals surface area contributed by atoms with Crippen LogP contribution in [0.15, 0.2) is 40.9 Å². The van der Waals surface area contributed by atoms with Gasteiger partial charge in [-0.25, -0.2) is 4.79 Å². The van der Waals surface area contributed by atoms with E-state index in [1.54, 1.807) is 31.2 Å². The van der Waals surface area contributed by atoms with Gasteiger partial charge in [-0.2, -0.15) is 0 Å². The quantitative estimate of drug-likeness (QED) is 0.561. The van der Waals surface area contributed by atoms with Gasteiger partial charge in [0.05, 0.1) is 18.1 Å². The second-order valence-corrected chi connectivity index (χ2v) is 8.60. The van der Waals surface area contributed by atoms with E-state index in [4.69, 9.17) is 9.47 Å². The molecule has 1 aliphatic rings. The van der Waals surface area contributed by atoms with Crippen molar-refractivity contribution in [1.29, 1.82) is 0 Å². The summed E-state index contributed by atoms with van der Waals surface area (Å²) in [7, 11) is 0. The number of nitrogens with zero attached hydrogens (tertiary/aromatic N) is 1. The lowest BCUT2D eigenvalue weighted by molar-refractivity contribution is -0.151. The third kappa shape index (κ3) is 5.98. The van der Waals surface area contributed by atoms with Gasteiger partial charge in [-0.1, -0.05) is 15.9 Å². The van der Waals surface area contributed by atoms with Crippen LogP contribution in [-0.4, -0.2) is 43.5 Å². The maximum atomic E-state index is 12.5. The van der Waals surface area contributed by atoms with Crippen LogP contribution < -0.4 is 10.2 Å². The van der Waals surface area contributed by atoms with Crippen molar-refractivity contribution in [3.05, 3.63) is 57.6 Å². The Hall–Kier alpha value is -3.20. The molecule has 1 fully saturated rings. The van der Waals surface area contributed by atoms with E-state index in [0.717, 1.165) is 15.6 Å². The molecule has 33 heavy (non-hydrogen) atoms. The Morgan fingerprint density at radius 3 is 2.45 bits per heavy atom. The summed E-state index contributed by atoms with van der Waals surface area (Å²) < 4.78 is 11.1. The van der Waals surface area contributed by atoms with Crippen molar-refractivity contribution in [2.75, 3.05) is 30.0 Å². The molecule has 3 rings (SSSR count). The highest BCUT2D eigenvalue weighted by Gasteiger charge is 2.36. The molecule has 0 aliphatic carbocycles. The smallest absolute Gasteiger partial charge is 0.338 e. The van der Waals surface area contributed by atoms with E-state index >= 15 is 0 Å². The lowest BCUT2D eigenvalue weighted by Gasteiger charge is -2.17. The van der Waals surface area contributed by atoms with Crippen LogP contribution in [0.3, 0.4) is 0 Å². The van der Waals surface area contributed by atoms with Crippen LogP contribution in [0.1, 0.15) is 34.8 Å². The van der Waals surface area contributed by atoms with Gasteiger partial charge in [0.1, 0.15) is 0 Å².